The highest BCUT2D eigenvalue weighted by Gasteiger charge is 2.20. The minimum absolute atomic E-state index is 0.0359. The first-order valence-corrected chi connectivity index (χ1v) is 9.23. The van der Waals surface area contributed by atoms with Crippen LogP contribution in [-0.2, 0) is 6.54 Å². The SMILES string of the molecule is CC(=O)c1c(C)[nH]c(C(=O)NCc2ccnc(N3CCN(C)CC3)c2)c1C. The molecule has 3 rings (SSSR count). The Balaban J connectivity index is 1.67. The number of hydrogen-bond acceptors (Lipinski definition) is 5. The smallest absolute Gasteiger partial charge is 0.268 e. The summed E-state index contributed by atoms with van der Waals surface area (Å²) in [5.41, 5.74) is 3.48. The normalized spacial score (nSPS) is 15.0. The van der Waals surface area contributed by atoms with Crippen LogP contribution >= 0.6 is 0 Å². The van der Waals surface area contributed by atoms with E-state index in [1.807, 2.05) is 19.1 Å². The highest BCUT2D eigenvalue weighted by molar-refractivity contribution is 6.02. The van der Waals surface area contributed by atoms with E-state index in [4.69, 9.17) is 0 Å². The molecule has 0 aliphatic carbocycles. The van der Waals surface area contributed by atoms with Crippen molar-refractivity contribution in [2.24, 2.45) is 0 Å². The standard InChI is InChI=1S/C20H27N5O2/c1-13-18(15(3)26)14(2)23-19(13)20(27)22-12-16-5-6-21-17(11-16)25-9-7-24(4)8-10-25/h5-6,11,23H,7-10,12H2,1-4H3,(H,22,27). The van der Waals surface area contributed by atoms with Gasteiger partial charge in [0.2, 0.25) is 0 Å². The van der Waals surface area contributed by atoms with Gasteiger partial charge in [0, 0.05) is 50.2 Å². The minimum atomic E-state index is -0.207. The molecule has 0 bridgehead atoms. The number of hydrogen-bond donors (Lipinski definition) is 2. The highest BCUT2D eigenvalue weighted by atomic mass is 16.2. The molecule has 0 radical (unpaired) electrons. The molecule has 1 amide bonds. The van der Waals surface area contributed by atoms with Crippen LogP contribution in [-0.4, -0.2) is 59.8 Å². The number of rotatable bonds is 5. The Morgan fingerprint density at radius 1 is 1.22 bits per heavy atom. The van der Waals surface area contributed by atoms with Gasteiger partial charge in [0.1, 0.15) is 11.5 Å². The zero-order valence-corrected chi connectivity index (χ0v) is 16.4. The second-order valence-corrected chi connectivity index (χ2v) is 7.18. The van der Waals surface area contributed by atoms with E-state index < -0.39 is 0 Å². The fourth-order valence-corrected chi connectivity index (χ4v) is 3.55. The van der Waals surface area contributed by atoms with Crippen LogP contribution in [0.2, 0.25) is 0 Å². The summed E-state index contributed by atoms with van der Waals surface area (Å²) >= 11 is 0. The van der Waals surface area contributed by atoms with Crippen molar-refractivity contribution in [2.75, 3.05) is 38.1 Å². The predicted molar refractivity (Wildman–Crippen MR) is 105 cm³/mol. The number of aryl methyl sites for hydroxylation is 1. The molecule has 0 atom stereocenters. The molecular weight excluding hydrogens is 342 g/mol. The fourth-order valence-electron chi connectivity index (χ4n) is 3.55. The van der Waals surface area contributed by atoms with Gasteiger partial charge in [0.25, 0.3) is 5.91 Å². The molecule has 1 aliphatic heterocycles. The summed E-state index contributed by atoms with van der Waals surface area (Å²) < 4.78 is 0. The molecule has 144 valence electrons. The van der Waals surface area contributed by atoms with E-state index in [9.17, 15) is 9.59 Å². The van der Waals surface area contributed by atoms with Crippen molar-refractivity contribution in [3.63, 3.8) is 0 Å². The number of pyridine rings is 1. The van der Waals surface area contributed by atoms with Crippen LogP contribution in [0.25, 0.3) is 0 Å². The maximum atomic E-state index is 12.6. The van der Waals surface area contributed by atoms with Crippen LogP contribution < -0.4 is 10.2 Å². The van der Waals surface area contributed by atoms with Gasteiger partial charge in [0.15, 0.2) is 5.78 Å². The largest absolute Gasteiger partial charge is 0.354 e. The van der Waals surface area contributed by atoms with E-state index in [0.29, 0.717) is 23.4 Å². The molecule has 2 N–H and O–H groups in total. The zero-order chi connectivity index (χ0) is 19.6. The number of piperazine rings is 1. The molecular formula is C20H27N5O2. The van der Waals surface area contributed by atoms with E-state index in [1.54, 1.807) is 13.1 Å². The molecule has 1 saturated heterocycles. The summed E-state index contributed by atoms with van der Waals surface area (Å²) in [5, 5.41) is 2.94. The number of aromatic nitrogens is 2. The molecule has 0 aromatic carbocycles. The number of nitrogens with one attached hydrogen (secondary N) is 2. The first-order chi connectivity index (χ1) is 12.9. The van der Waals surface area contributed by atoms with Gasteiger partial charge in [0.05, 0.1) is 0 Å². The molecule has 0 spiro atoms. The maximum Gasteiger partial charge on any atom is 0.268 e. The molecule has 0 saturated carbocycles. The number of anilines is 1. The van der Waals surface area contributed by atoms with Crippen LogP contribution in [0, 0.1) is 13.8 Å². The van der Waals surface area contributed by atoms with Crippen LogP contribution in [0.4, 0.5) is 5.82 Å². The lowest BCUT2D eigenvalue weighted by atomic mass is 10.1. The molecule has 1 aliphatic rings. The van der Waals surface area contributed by atoms with Crippen LogP contribution in [0.5, 0.6) is 0 Å². The second kappa shape index (κ2) is 7.92. The van der Waals surface area contributed by atoms with E-state index in [-0.39, 0.29) is 11.7 Å². The number of carbonyl (C=O) groups is 2. The first-order valence-electron chi connectivity index (χ1n) is 9.23. The van der Waals surface area contributed by atoms with Crippen LogP contribution in [0.15, 0.2) is 18.3 Å². The maximum absolute atomic E-state index is 12.6. The number of likely N-dealkylation sites (N-methyl/N-ethyl adjacent to an activating group) is 1. The topological polar surface area (TPSA) is 81.3 Å². The Hall–Kier alpha value is -2.67. The lowest BCUT2D eigenvalue weighted by molar-refractivity contribution is 0.0945. The Morgan fingerprint density at radius 2 is 1.93 bits per heavy atom. The number of ketones is 1. The average Bonchev–Trinajstić information content (AvgIpc) is 2.95. The van der Waals surface area contributed by atoms with Crippen molar-refractivity contribution in [1.29, 1.82) is 0 Å². The lowest BCUT2D eigenvalue weighted by Gasteiger charge is -2.33. The molecule has 7 heteroatoms. The Kier molecular flexibility index (Phi) is 5.60. The summed E-state index contributed by atoms with van der Waals surface area (Å²) in [6.07, 6.45) is 1.78. The third kappa shape index (κ3) is 4.19. The number of carbonyl (C=O) groups excluding carboxylic acids is 2. The van der Waals surface area contributed by atoms with Crippen molar-refractivity contribution in [2.45, 2.75) is 27.3 Å². The summed E-state index contributed by atoms with van der Waals surface area (Å²) in [5.74, 6) is 0.702. The van der Waals surface area contributed by atoms with Gasteiger partial charge in [-0.15, -0.1) is 0 Å². The van der Waals surface area contributed by atoms with Crippen molar-refractivity contribution >= 4 is 17.5 Å². The Bertz CT molecular complexity index is 850. The van der Waals surface area contributed by atoms with E-state index in [1.165, 1.54) is 6.92 Å². The van der Waals surface area contributed by atoms with Crippen molar-refractivity contribution in [3.05, 3.63) is 46.4 Å². The van der Waals surface area contributed by atoms with Gasteiger partial charge in [-0.05, 0) is 51.1 Å². The average molecular weight is 369 g/mol. The van der Waals surface area contributed by atoms with Crippen LogP contribution in [0.3, 0.4) is 0 Å². The summed E-state index contributed by atoms with van der Waals surface area (Å²) in [4.78, 5) is 36.4. The molecule has 2 aromatic heterocycles. The van der Waals surface area contributed by atoms with Gasteiger partial charge in [-0.25, -0.2) is 4.98 Å². The van der Waals surface area contributed by atoms with E-state index in [2.05, 4.69) is 32.1 Å². The van der Waals surface area contributed by atoms with Gasteiger partial charge >= 0.3 is 0 Å². The molecule has 0 unspecified atom stereocenters. The Labute approximate surface area is 159 Å². The van der Waals surface area contributed by atoms with Gasteiger partial charge in [-0.3, -0.25) is 9.59 Å². The van der Waals surface area contributed by atoms with Gasteiger partial charge < -0.3 is 20.1 Å². The van der Waals surface area contributed by atoms with Crippen molar-refractivity contribution in [3.8, 4) is 0 Å². The quantitative estimate of drug-likeness (QED) is 0.787. The molecule has 7 nitrogen and oxygen atoms in total. The fraction of sp³-hybridized carbons (Fsp3) is 0.450. The summed E-state index contributed by atoms with van der Waals surface area (Å²) in [7, 11) is 2.12. The number of aromatic amines is 1. The monoisotopic (exact) mass is 369 g/mol. The number of amides is 1. The molecule has 2 aromatic rings. The molecule has 27 heavy (non-hydrogen) atoms. The van der Waals surface area contributed by atoms with Gasteiger partial charge in [-0.2, -0.15) is 0 Å². The molecule has 3 heterocycles. The first kappa shape index (κ1) is 19.1. The highest BCUT2D eigenvalue weighted by Crippen LogP contribution is 2.19. The van der Waals surface area contributed by atoms with E-state index >= 15 is 0 Å². The number of H-pyrrole nitrogens is 1. The van der Waals surface area contributed by atoms with E-state index in [0.717, 1.165) is 43.3 Å². The lowest BCUT2D eigenvalue weighted by Crippen LogP contribution is -2.44. The zero-order valence-electron chi connectivity index (χ0n) is 16.4. The van der Waals surface area contributed by atoms with Crippen molar-refractivity contribution in [1.82, 2.24) is 20.2 Å². The third-order valence-electron chi connectivity index (χ3n) is 5.11. The van der Waals surface area contributed by atoms with Crippen molar-refractivity contribution < 1.29 is 9.59 Å². The summed E-state index contributed by atoms with van der Waals surface area (Å²) in [6, 6.07) is 3.94. The Morgan fingerprint density at radius 3 is 2.56 bits per heavy atom. The predicted octanol–water partition coefficient (Wildman–Crippen LogP) is 1.91. The number of nitrogens with zero attached hydrogens (tertiary/aromatic N) is 3. The van der Waals surface area contributed by atoms with Crippen LogP contribution in [0.1, 0.15) is 44.6 Å². The molecule has 1 fully saturated rings. The summed E-state index contributed by atoms with van der Waals surface area (Å²) in [6.45, 7) is 9.48. The van der Waals surface area contributed by atoms with Gasteiger partial charge in [-0.1, -0.05) is 0 Å². The second-order valence-electron chi connectivity index (χ2n) is 7.18. The third-order valence-corrected chi connectivity index (χ3v) is 5.11. The minimum Gasteiger partial charge on any atom is -0.354 e. The number of Topliss-reactive ketones (excluding diaryl/α,β-unsaturated/α-hetero) is 1.